The maximum absolute atomic E-state index is 5.88. The molecule has 0 unspecified atom stereocenters. The van der Waals surface area contributed by atoms with Gasteiger partial charge < -0.3 is 10.5 Å². The Balaban J connectivity index is 1.86. The number of nitrogens with two attached hydrogens (primary N) is 1. The normalized spacial score (nSPS) is 11.0. The second kappa shape index (κ2) is 6.46. The van der Waals surface area contributed by atoms with Crippen molar-refractivity contribution in [1.82, 2.24) is 9.78 Å². The van der Waals surface area contributed by atoms with Crippen LogP contribution < -0.4 is 10.5 Å². The molecule has 0 bridgehead atoms. The van der Waals surface area contributed by atoms with Gasteiger partial charge in [0.15, 0.2) is 0 Å². The zero-order valence-electron chi connectivity index (χ0n) is 12.5. The van der Waals surface area contributed by atoms with E-state index in [1.165, 1.54) is 11.1 Å². The van der Waals surface area contributed by atoms with Crippen LogP contribution in [0.25, 0.3) is 0 Å². The van der Waals surface area contributed by atoms with Gasteiger partial charge in [0.05, 0.1) is 6.61 Å². The van der Waals surface area contributed by atoms with Crippen LogP contribution in [-0.4, -0.2) is 16.4 Å². The summed E-state index contributed by atoms with van der Waals surface area (Å²) in [6, 6.07) is 8.24. The molecule has 0 aliphatic rings. The molecule has 1 aromatic carbocycles. The fourth-order valence-electron chi connectivity index (χ4n) is 2.04. The van der Waals surface area contributed by atoms with Gasteiger partial charge in [-0.25, -0.2) is 0 Å². The van der Waals surface area contributed by atoms with Gasteiger partial charge in [0.25, 0.3) is 0 Å². The lowest BCUT2D eigenvalue weighted by Gasteiger charge is -2.12. The van der Waals surface area contributed by atoms with Crippen molar-refractivity contribution in [3.05, 3.63) is 41.6 Å². The van der Waals surface area contributed by atoms with Crippen molar-refractivity contribution in [2.45, 2.75) is 39.7 Å². The van der Waals surface area contributed by atoms with E-state index in [2.05, 4.69) is 44.1 Å². The van der Waals surface area contributed by atoms with E-state index in [1.54, 1.807) is 6.07 Å². The summed E-state index contributed by atoms with van der Waals surface area (Å²) in [5.74, 6) is 2.06. The molecule has 0 atom stereocenters. The molecular weight excluding hydrogens is 250 g/mol. The molecule has 108 valence electrons. The SMILES string of the molecule is Cc1ccc(C(C)C)cc1OCCCn1ccc(N)n1. The van der Waals surface area contributed by atoms with E-state index >= 15 is 0 Å². The second-order valence-corrected chi connectivity index (χ2v) is 5.39. The van der Waals surface area contributed by atoms with Crippen LogP contribution in [-0.2, 0) is 6.54 Å². The zero-order chi connectivity index (χ0) is 14.5. The van der Waals surface area contributed by atoms with Gasteiger partial charge in [-0.2, -0.15) is 5.10 Å². The van der Waals surface area contributed by atoms with Crippen LogP contribution in [0.4, 0.5) is 5.82 Å². The maximum Gasteiger partial charge on any atom is 0.145 e. The van der Waals surface area contributed by atoms with Crippen LogP contribution in [0, 0.1) is 6.92 Å². The molecule has 0 saturated heterocycles. The van der Waals surface area contributed by atoms with Crippen LogP contribution in [0.15, 0.2) is 30.5 Å². The van der Waals surface area contributed by atoms with Gasteiger partial charge in [0, 0.05) is 19.2 Å². The Labute approximate surface area is 120 Å². The summed E-state index contributed by atoms with van der Waals surface area (Å²) in [5.41, 5.74) is 8.06. The Morgan fingerprint density at radius 3 is 2.75 bits per heavy atom. The van der Waals surface area contributed by atoms with E-state index in [4.69, 9.17) is 10.5 Å². The summed E-state index contributed by atoms with van der Waals surface area (Å²) >= 11 is 0. The van der Waals surface area contributed by atoms with Crippen molar-refractivity contribution in [3.8, 4) is 5.75 Å². The van der Waals surface area contributed by atoms with E-state index in [0.29, 0.717) is 18.3 Å². The number of benzene rings is 1. The molecule has 0 aliphatic heterocycles. The highest BCUT2D eigenvalue weighted by Crippen LogP contribution is 2.24. The molecule has 1 heterocycles. The summed E-state index contributed by atoms with van der Waals surface area (Å²) in [4.78, 5) is 0. The van der Waals surface area contributed by atoms with Crippen LogP contribution in [0.2, 0.25) is 0 Å². The molecule has 2 N–H and O–H groups in total. The van der Waals surface area contributed by atoms with Gasteiger partial charge in [-0.15, -0.1) is 0 Å². The number of aryl methyl sites for hydroxylation is 2. The smallest absolute Gasteiger partial charge is 0.145 e. The quantitative estimate of drug-likeness (QED) is 0.821. The number of nitrogen functional groups attached to an aromatic ring is 1. The predicted molar refractivity (Wildman–Crippen MR) is 82.0 cm³/mol. The number of anilines is 1. The minimum atomic E-state index is 0.519. The number of nitrogens with zero attached hydrogens (tertiary/aromatic N) is 2. The molecular formula is C16H23N3O. The Kier molecular flexibility index (Phi) is 4.66. The molecule has 20 heavy (non-hydrogen) atoms. The molecule has 4 nitrogen and oxygen atoms in total. The number of aromatic nitrogens is 2. The summed E-state index contributed by atoms with van der Waals surface area (Å²) in [7, 11) is 0. The van der Waals surface area contributed by atoms with Crippen molar-refractivity contribution in [1.29, 1.82) is 0 Å². The first-order chi connectivity index (χ1) is 9.56. The van der Waals surface area contributed by atoms with E-state index in [9.17, 15) is 0 Å². The molecule has 0 spiro atoms. The molecule has 1 aromatic heterocycles. The zero-order valence-corrected chi connectivity index (χ0v) is 12.5. The molecule has 0 aliphatic carbocycles. The summed E-state index contributed by atoms with van der Waals surface area (Å²) in [6.07, 6.45) is 2.80. The average Bonchev–Trinajstić information content (AvgIpc) is 2.82. The lowest BCUT2D eigenvalue weighted by atomic mass is 10.0. The van der Waals surface area contributed by atoms with Crippen molar-refractivity contribution in [2.75, 3.05) is 12.3 Å². The number of rotatable bonds is 6. The average molecular weight is 273 g/mol. The fraction of sp³-hybridized carbons (Fsp3) is 0.438. The van der Waals surface area contributed by atoms with Crippen LogP contribution in [0.5, 0.6) is 5.75 Å². The van der Waals surface area contributed by atoms with Gasteiger partial charge in [0.1, 0.15) is 11.6 Å². The molecule has 4 heteroatoms. The van der Waals surface area contributed by atoms with Gasteiger partial charge in [-0.05, 0) is 36.1 Å². The minimum absolute atomic E-state index is 0.519. The summed E-state index contributed by atoms with van der Waals surface area (Å²) < 4.78 is 7.73. The highest BCUT2D eigenvalue weighted by molar-refractivity contribution is 5.37. The Hall–Kier alpha value is -1.97. The van der Waals surface area contributed by atoms with Crippen molar-refractivity contribution in [2.24, 2.45) is 0 Å². The minimum Gasteiger partial charge on any atom is -0.493 e. The van der Waals surface area contributed by atoms with Crippen LogP contribution in [0.3, 0.4) is 0 Å². The standard InChI is InChI=1S/C16H23N3O/c1-12(2)14-6-5-13(3)15(11-14)20-10-4-8-19-9-7-16(17)18-19/h5-7,9,11-12H,4,8,10H2,1-3H3,(H2,17,18). The second-order valence-electron chi connectivity index (χ2n) is 5.39. The molecule has 0 amide bonds. The first-order valence-corrected chi connectivity index (χ1v) is 7.08. The Morgan fingerprint density at radius 1 is 1.30 bits per heavy atom. The molecule has 0 radical (unpaired) electrons. The van der Waals surface area contributed by atoms with Crippen LogP contribution in [0.1, 0.15) is 37.3 Å². The van der Waals surface area contributed by atoms with E-state index in [-0.39, 0.29) is 0 Å². The molecule has 0 saturated carbocycles. The monoisotopic (exact) mass is 273 g/mol. The van der Waals surface area contributed by atoms with Gasteiger partial charge in [-0.3, -0.25) is 4.68 Å². The third-order valence-corrected chi connectivity index (χ3v) is 3.33. The summed E-state index contributed by atoms with van der Waals surface area (Å²) in [6.45, 7) is 7.96. The molecule has 2 aromatic rings. The van der Waals surface area contributed by atoms with E-state index < -0.39 is 0 Å². The van der Waals surface area contributed by atoms with Crippen molar-refractivity contribution in [3.63, 3.8) is 0 Å². The largest absolute Gasteiger partial charge is 0.493 e. The van der Waals surface area contributed by atoms with Crippen molar-refractivity contribution < 1.29 is 4.74 Å². The lowest BCUT2D eigenvalue weighted by molar-refractivity contribution is 0.296. The third-order valence-electron chi connectivity index (χ3n) is 3.33. The Bertz CT molecular complexity index is 561. The lowest BCUT2D eigenvalue weighted by Crippen LogP contribution is -2.06. The maximum atomic E-state index is 5.88. The predicted octanol–water partition coefficient (Wildman–Crippen LogP) is 3.37. The molecule has 0 fully saturated rings. The number of ether oxygens (including phenoxy) is 1. The topological polar surface area (TPSA) is 53.1 Å². The Morgan fingerprint density at radius 2 is 2.10 bits per heavy atom. The first kappa shape index (κ1) is 14.4. The van der Waals surface area contributed by atoms with Crippen LogP contribution >= 0.6 is 0 Å². The van der Waals surface area contributed by atoms with Gasteiger partial charge in [-0.1, -0.05) is 26.0 Å². The first-order valence-electron chi connectivity index (χ1n) is 7.08. The van der Waals surface area contributed by atoms with E-state index in [1.807, 2.05) is 10.9 Å². The fourth-order valence-corrected chi connectivity index (χ4v) is 2.04. The van der Waals surface area contributed by atoms with Gasteiger partial charge >= 0.3 is 0 Å². The van der Waals surface area contributed by atoms with E-state index in [0.717, 1.165) is 18.7 Å². The highest BCUT2D eigenvalue weighted by atomic mass is 16.5. The third kappa shape index (κ3) is 3.76. The number of hydrogen-bond acceptors (Lipinski definition) is 3. The van der Waals surface area contributed by atoms with Crippen molar-refractivity contribution >= 4 is 5.82 Å². The molecule has 2 rings (SSSR count). The summed E-state index contributed by atoms with van der Waals surface area (Å²) in [5, 5.41) is 4.15. The van der Waals surface area contributed by atoms with Gasteiger partial charge in [0.2, 0.25) is 0 Å². The number of hydrogen-bond donors (Lipinski definition) is 1. The highest BCUT2D eigenvalue weighted by Gasteiger charge is 2.04.